The lowest BCUT2D eigenvalue weighted by molar-refractivity contribution is -0.115. The minimum absolute atomic E-state index is 0.0265. The number of carbonyl (C=O) groups excluding carboxylic acids is 1. The van der Waals surface area contributed by atoms with E-state index in [4.69, 9.17) is 19.9 Å². The van der Waals surface area contributed by atoms with E-state index in [1.807, 2.05) is 6.07 Å². The van der Waals surface area contributed by atoms with Crippen molar-refractivity contribution in [2.75, 3.05) is 38.1 Å². The Bertz CT molecular complexity index is 1650. The zero-order valence-electron chi connectivity index (χ0n) is 22.1. The topological polar surface area (TPSA) is 156 Å². The van der Waals surface area contributed by atoms with Crippen LogP contribution >= 0.6 is 23.1 Å². The van der Waals surface area contributed by atoms with Gasteiger partial charge in [-0.1, -0.05) is 0 Å². The van der Waals surface area contributed by atoms with Gasteiger partial charge in [0.15, 0.2) is 16.6 Å². The molecule has 0 spiro atoms. The number of thioether (sulfide) groups is 1. The molecule has 0 radical (unpaired) electrons. The Balaban J connectivity index is 1.54. The van der Waals surface area contributed by atoms with Gasteiger partial charge in [-0.3, -0.25) is 4.79 Å². The normalized spacial score (nSPS) is 10.4. The summed E-state index contributed by atoms with van der Waals surface area (Å²) in [4.78, 5) is 21.3. The molecule has 2 aromatic carbocycles. The number of methoxy groups -OCH3 is 3. The van der Waals surface area contributed by atoms with Crippen LogP contribution in [-0.4, -0.2) is 43.0 Å². The molecule has 0 aliphatic heterocycles. The summed E-state index contributed by atoms with van der Waals surface area (Å²) in [7, 11) is 4.38. The number of nitrogens with two attached hydrogens (primary N) is 1. The van der Waals surface area contributed by atoms with Crippen LogP contribution in [-0.2, 0) is 4.79 Å². The third kappa shape index (κ3) is 6.32. The maximum atomic E-state index is 13.2. The molecule has 0 bridgehead atoms. The van der Waals surface area contributed by atoms with Crippen molar-refractivity contribution in [3.63, 3.8) is 0 Å². The molecule has 4 rings (SSSR count). The fraction of sp³-hybridized carbons (Fsp3) is 0.179. The van der Waals surface area contributed by atoms with Crippen molar-refractivity contribution in [2.24, 2.45) is 0 Å². The van der Waals surface area contributed by atoms with Crippen LogP contribution in [0.1, 0.15) is 17.5 Å². The Morgan fingerprint density at radius 1 is 1.02 bits per heavy atom. The predicted molar refractivity (Wildman–Crippen MR) is 155 cm³/mol. The van der Waals surface area contributed by atoms with Crippen LogP contribution in [0, 0.1) is 28.5 Å². The van der Waals surface area contributed by atoms with Gasteiger partial charge in [0.25, 0.3) is 0 Å². The zero-order valence-corrected chi connectivity index (χ0v) is 23.8. The molecule has 2 aromatic heterocycles. The Morgan fingerprint density at radius 3 is 2.27 bits per heavy atom. The number of nitrogens with one attached hydrogen (secondary N) is 1. The molecule has 0 saturated carbocycles. The minimum atomic E-state index is -0.344. The van der Waals surface area contributed by atoms with Gasteiger partial charge in [0.2, 0.25) is 11.7 Å². The van der Waals surface area contributed by atoms with E-state index in [0.717, 1.165) is 17.3 Å². The highest BCUT2D eigenvalue weighted by molar-refractivity contribution is 7.99. The van der Waals surface area contributed by atoms with Crippen molar-refractivity contribution in [3.05, 3.63) is 58.7 Å². The molecule has 4 aromatic rings. The van der Waals surface area contributed by atoms with E-state index < -0.39 is 0 Å². The highest BCUT2D eigenvalue weighted by Gasteiger charge is 2.24. The summed E-state index contributed by atoms with van der Waals surface area (Å²) >= 11 is 2.41. The number of pyridine rings is 1. The molecule has 10 nitrogen and oxygen atoms in total. The first-order valence-electron chi connectivity index (χ1n) is 11.9. The summed E-state index contributed by atoms with van der Waals surface area (Å²) in [6.45, 7) is 0. The highest BCUT2D eigenvalue weighted by atomic mass is 32.2. The third-order valence-electron chi connectivity index (χ3n) is 5.83. The third-order valence-corrected chi connectivity index (χ3v) is 7.56. The standard InChI is InChI=1S/C28H23FN6O4S2/c1-37-21-10-16(11-22(38-2)25(21)39-3)24-18(12-30)26(32)35-27(19(24)13-31)40-9-8-23(36)34-28-33-20(14-41-28)15-4-6-17(29)7-5-15/h4-7,10-11,14H,8-9H2,1-3H3,(H2,32,35)(H,33,34,36). The summed E-state index contributed by atoms with van der Waals surface area (Å²) in [6, 6.07) is 13.3. The molecule has 0 atom stereocenters. The Kier molecular flexibility index (Phi) is 9.24. The average Bonchev–Trinajstić information content (AvgIpc) is 3.44. The summed E-state index contributed by atoms with van der Waals surface area (Å²) in [5, 5.41) is 25.1. The van der Waals surface area contributed by atoms with E-state index in [-0.39, 0.29) is 51.4 Å². The van der Waals surface area contributed by atoms with Crippen LogP contribution in [0.2, 0.25) is 0 Å². The second kappa shape index (κ2) is 13.0. The molecule has 41 heavy (non-hydrogen) atoms. The number of hydrogen-bond acceptors (Lipinski definition) is 11. The molecule has 1 amide bonds. The van der Waals surface area contributed by atoms with Gasteiger partial charge in [0.1, 0.15) is 34.4 Å². The zero-order chi connectivity index (χ0) is 29.5. The van der Waals surface area contributed by atoms with Gasteiger partial charge < -0.3 is 25.3 Å². The first-order chi connectivity index (χ1) is 19.8. The van der Waals surface area contributed by atoms with Crippen molar-refractivity contribution in [1.82, 2.24) is 9.97 Å². The number of nitrogens with zero attached hydrogens (tertiary/aromatic N) is 4. The second-order valence-electron chi connectivity index (χ2n) is 8.26. The van der Waals surface area contributed by atoms with Crippen molar-refractivity contribution in [1.29, 1.82) is 10.5 Å². The number of halogens is 1. The van der Waals surface area contributed by atoms with Gasteiger partial charge in [0, 0.05) is 28.7 Å². The Hall–Kier alpha value is -4.85. The maximum Gasteiger partial charge on any atom is 0.226 e. The largest absolute Gasteiger partial charge is 0.493 e. The molecule has 2 heterocycles. The lowest BCUT2D eigenvalue weighted by Crippen LogP contribution is -2.12. The van der Waals surface area contributed by atoms with Gasteiger partial charge in [0.05, 0.1) is 32.6 Å². The molecular formula is C28H23FN6O4S2. The van der Waals surface area contributed by atoms with Gasteiger partial charge in [-0.15, -0.1) is 23.1 Å². The van der Waals surface area contributed by atoms with E-state index in [9.17, 15) is 19.7 Å². The van der Waals surface area contributed by atoms with Crippen LogP contribution in [0.4, 0.5) is 15.3 Å². The summed E-state index contributed by atoms with van der Waals surface area (Å²) in [5.74, 6) is 0.596. The highest BCUT2D eigenvalue weighted by Crippen LogP contribution is 2.44. The number of anilines is 2. The maximum absolute atomic E-state index is 13.2. The fourth-order valence-electron chi connectivity index (χ4n) is 3.92. The molecule has 0 fully saturated rings. The number of carbonyl (C=O) groups is 1. The number of nitrogen functional groups attached to an aromatic ring is 1. The smallest absolute Gasteiger partial charge is 0.226 e. The van der Waals surface area contributed by atoms with Gasteiger partial charge in [-0.2, -0.15) is 10.5 Å². The Labute approximate surface area is 243 Å². The molecule has 13 heteroatoms. The molecule has 0 aliphatic carbocycles. The molecule has 3 N–H and O–H groups in total. The van der Waals surface area contributed by atoms with E-state index in [1.165, 1.54) is 44.8 Å². The predicted octanol–water partition coefficient (Wildman–Crippen LogP) is 5.48. The van der Waals surface area contributed by atoms with E-state index in [1.54, 1.807) is 29.6 Å². The lowest BCUT2D eigenvalue weighted by atomic mass is 9.96. The van der Waals surface area contributed by atoms with Crippen molar-refractivity contribution >= 4 is 40.0 Å². The first-order valence-corrected chi connectivity index (χ1v) is 13.8. The van der Waals surface area contributed by atoms with Crippen LogP contribution < -0.4 is 25.3 Å². The Morgan fingerprint density at radius 2 is 1.68 bits per heavy atom. The van der Waals surface area contributed by atoms with Gasteiger partial charge >= 0.3 is 0 Å². The minimum Gasteiger partial charge on any atom is -0.493 e. The van der Waals surface area contributed by atoms with Gasteiger partial charge in [-0.05, 0) is 42.0 Å². The van der Waals surface area contributed by atoms with Crippen LogP contribution in [0.5, 0.6) is 17.2 Å². The van der Waals surface area contributed by atoms with E-state index in [2.05, 4.69) is 21.4 Å². The molecular weight excluding hydrogens is 567 g/mol. The number of thiazole rings is 1. The number of amides is 1. The number of aromatic nitrogens is 2. The SMILES string of the molecule is COc1cc(-c2c(C#N)c(N)nc(SCCC(=O)Nc3nc(-c4ccc(F)cc4)cs3)c2C#N)cc(OC)c1OC. The number of hydrogen-bond donors (Lipinski definition) is 2. The molecule has 0 unspecified atom stereocenters. The number of ether oxygens (including phenoxy) is 3. The van der Waals surface area contributed by atoms with Crippen molar-refractivity contribution < 1.29 is 23.4 Å². The second-order valence-corrected chi connectivity index (χ2v) is 10.2. The summed E-state index contributed by atoms with van der Waals surface area (Å²) in [6.07, 6.45) is 0.0854. The quantitative estimate of drug-likeness (QED) is 0.227. The van der Waals surface area contributed by atoms with Gasteiger partial charge in [-0.25, -0.2) is 14.4 Å². The number of nitriles is 2. The van der Waals surface area contributed by atoms with Crippen molar-refractivity contribution in [3.8, 4) is 51.8 Å². The average molecular weight is 591 g/mol. The lowest BCUT2D eigenvalue weighted by Gasteiger charge is -2.17. The fourth-order valence-corrected chi connectivity index (χ4v) is 5.59. The van der Waals surface area contributed by atoms with Crippen molar-refractivity contribution in [2.45, 2.75) is 11.4 Å². The molecule has 0 aliphatic rings. The monoisotopic (exact) mass is 590 g/mol. The molecule has 208 valence electrons. The van der Waals surface area contributed by atoms with Crippen LogP contribution in [0.15, 0.2) is 46.8 Å². The molecule has 0 saturated heterocycles. The number of benzene rings is 2. The first kappa shape index (κ1) is 29.1. The van der Waals surface area contributed by atoms with E-state index in [0.29, 0.717) is 33.6 Å². The number of rotatable bonds is 10. The van der Waals surface area contributed by atoms with E-state index >= 15 is 0 Å². The van der Waals surface area contributed by atoms with Crippen LogP contribution in [0.3, 0.4) is 0 Å². The summed E-state index contributed by atoms with van der Waals surface area (Å²) < 4.78 is 29.4. The summed E-state index contributed by atoms with van der Waals surface area (Å²) in [5.41, 5.74) is 8.35. The van der Waals surface area contributed by atoms with Crippen LogP contribution in [0.25, 0.3) is 22.4 Å².